The van der Waals surface area contributed by atoms with Crippen molar-refractivity contribution in [2.24, 2.45) is 5.73 Å². The Morgan fingerprint density at radius 3 is 2.33 bits per heavy atom. The van der Waals surface area contributed by atoms with Gasteiger partial charge in [-0.05, 0) is 26.1 Å². The molecule has 8 heteroatoms. The normalized spacial score (nSPS) is 11.6. The van der Waals surface area contributed by atoms with Gasteiger partial charge in [-0.15, -0.1) is 4.83 Å². The third kappa shape index (κ3) is 6.28. The van der Waals surface area contributed by atoms with Crippen LogP contribution in [-0.2, 0) is 10.2 Å². The van der Waals surface area contributed by atoms with E-state index in [0.717, 1.165) is 0 Å². The number of nitrogens with two attached hydrogens (primary N) is 1. The lowest BCUT2D eigenvalue weighted by Crippen LogP contribution is -2.50. The molecule has 12 heavy (non-hydrogen) atoms. The fraction of sp³-hybridized carbons (Fsp3) is 0.750. The number of hydrogen-bond acceptors (Lipinski definition) is 3. The predicted octanol–water partition coefficient (Wildman–Crippen LogP) is -1.43. The quantitative estimate of drug-likeness (QED) is 0.338. The Morgan fingerprint density at radius 1 is 1.50 bits per heavy atom. The molecule has 0 aromatic rings. The standard InChI is InChI=1S/C4H12N4O2S2/c1-3(2)7-12(9,10)8-6-4(5)11/h3,7-8H,1-2H3,(H3,5,6,11). The molecule has 6 nitrogen and oxygen atoms in total. The average Bonchev–Trinajstić information content (AvgIpc) is 1.81. The highest BCUT2D eigenvalue weighted by molar-refractivity contribution is 7.87. The Hall–Kier alpha value is -0.440. The number of hydrogen-bond donors (Lipinski definition) is 4. The highest BCUT2D eigenvalue weighted by Crippen LogP contribution is 1.80. The van der Waals surface area contributed by atoms with Crippen molar-refractivity contribution in [3.63, 3.8) is 0 Å². The van der Waals surface area contributed by atoms with E-state index in [4.69, 9.17) is 5.73 Å². The van der Waals surface area contributed by atoms with E-state index in [-0.39, 0.29) is 11.2 Å². The van der Waals surface area contributed by atoms with Crippen molar-refractivity contribution in [2.45, 2.75) is 19.9 Å². The van der Waals surface area contributed by atoms with Crippen LogP contribution >= 0.6 is 12.2 Å². The third-order valence-corrected chi connectivity index (χ3v) is 1.95. The van der Waals surface area contributed by atoms with Crippen LogP contribution in [0.1, 0.15) is 13.8 Å². The summed E-state index contributed by atoms with van der Waals surface area (Å²) in [5.74, 6) is 0. The molecule has 0 aliphatic heterocycles. The van der Waals surface area contributed by atoms with E-state index in [0.29, 0.717) is 0 Å². The second-order valence-electron chi connectivity index (χ2n) is 2.37. The van der Waals surface area contributed by atoms with Gasteiger partial charge in [0.2, 0.25) is 0 Å². The number of hydrazine groups is 1. The van der Waals surface area contributed by atoms with E-state index in [9.17, 15) is 8.42 Å². The average molecular weight is 212 g/mol. The third-order valence-electron chi connectivity index (χ3n) is 0.699. The van der Waals surface area contributed by atoms with Crippen LogP contribution in [0.25, 0.3) is 0 Å². The second-order valence-corrected chi connectivity index (χ2v) is 4.25. The van der Waals surface area contributed by atoms with Crippen LogP contribution in [-0.4, -0.2) is 19.6 Å². The summed E-state index contributed by atoms with van der Waals surface area (Å²) < 4.78 is 24.1. The van der Waals surface area contributed by atoms with Gasteiger partial charge in [0.15, 0.2) is 5.11 Å². The first-order valence-electron chi connectivity index (χ1n) is 3.18. The lowest BCUT2D eigenvalue weighted by Gasteiger charge is -2.10. The molecule has 0 aliphatic carbocycles. The molecule has 0 bridgehead atoms. The lowest BCUT2D eigenvalue weighted by atomic mass is 10.4. The topological polar surface area (TPSA) is 96.2 Å². The van der Waals surface area contributed by atoms with Crippen LogP contribution in [0.3, 0.4) is 0 Å². The van der Waals surface area contributed by atoms with Gasteiger partial charge in [0.1, 0.15) is 0 Å². The SMILES string of the molecule is CC(C)NS(=O)(=O)NNC(N)=S. The molecule has 0 aliphatic rings. The molecule has 0 rings (SSSR count). The van der Waals surface area contributed by atoms with Gasteiger partial charge in [-0.2, -0.15) is 13.1 Å². The zero-order valence-electron chi connectivity index (χ0n) is 6.79. The molecule has 0 heterocycles. The second kappa shape index (κ2) is 4.55. The summed E-state index contributed by atoms with van der Waals surface area (Å²) in [5.41, 5.74) is 7.10. The molecule has 0 aromatic heterocycles. The minimum absolute atomic E-state index is 0.135. The minimum Gasteiger partial charge on any atom is -0.375 e. The Balaban J connectivity index is 3.98. The van der Waals surface area contributed by atoms with Crippen molar-refractivity contribution in [2.75, 3.05) is 0 Å². The van der Waals surface area contributed by atoms with Gasteiger partial charge >= 0.3 is 0 Å². The summed E-state index contributed by atoms with van der Waals surface area (Å²) in [4.78, 5) is 1.93. The Kier molecular flexibility index (Phi) is 4.39. The fourth-order valence-corrected chi connectivity index (χ4v) is 1.50. The fourth-order valence-electron chi connectivity index (χ4n) is 0.457. The first kappa shape index (κ1) is 11.6. The maximum Gasteiger partial charge on any atom is 0.294 e. The summed E-state index contributed by atoms with van der Waals surface area (Å²) >= 11 is 4.39. The van der Waals surface area contributed by atoms with E-state index in [1.165, 1.54) is 0 Å². The Bertz CT molecular complexity index is 248. The maximum absolute atomic E-state index is 10.9. The molecule has 0 atom stereocenters. The Morgan fingerprint density at radius 2 is 2.00 bits per heavy atom. The molecular weight excluding hydrogens is 200 g/mol. The van der Waals surface area contributed by atoms with Crippen molar-refractivity contribution in [3.8, 4) is 0 Å². The van der Waals surface area contributed by atoms with Crippen LogP contribution in [0, 0.1) is 0 Å². The van der Waals surface area contributed by atoms with Gasteiger partial charge in [0, 0.05) is 6.04 Å². The summed E-state index contributed by atoms with van der Waals surface area (Å²) in [6.45, 7) is 3.39. The van der Waals surface area contributed by atoms with Crippen molar-refractivity contribution in [1.29, 1.82) is 0 Å². The summed E-state index contributed by atoms with van der Waals surface area (Å²) in [6, 6.07) is -0.185. The predicted molar refractivity (Wildman–Crippen MR) is 50.2 cm³/mol. The molecular formula is C4H12N4O2S2. The van der Waals surface area contributed by atoms with Crippen LogP contribution in [0.2, 0.25) is 0 Å². The maximum atomic E-state index is 10.9. The largest absolute Gasteiger partial charge is 0.375 e. The van der Waals surface area contributed by atoms with E-state index in [2.05, 4.69) is 22.4 Å². The first-order chi connectivity index (χ1) is 5.33. The molecule has 5 N–H and O–H groups in total. The number of nitrogens with one attached hydrogen (secondary N) is 3. The molecule has 0 amide bonds. The highest BCUT2D eigenvalue weighted by atomic mass is 32.2. The van der Waals surface area contributed by atoms with E-state index in [1.807, 2.05) is 4.83 Å². The summed E-state index contributed by atoms with van der Waals surface area (Å²) in [5, 5.41) is -0.135. The van der Waals surface area contributed by atoms with Crippen molar-refractivity contribution in [3.05, 3.63) is 0 Å². The smallest absolute Gasteiger partial charge is 0.294 e. The summed E-state index contributed by atoms with van der Waals surface area (Å²) in [7, 11) is -3.55. The zero-order chi connectivity index (χ0) is 9.78. The van der Waals surface area contributed by atoms with Gasteiger partial charge in [0.05, 0.1) is 0 Å². The van der Waals surface area contributed by atoms with Gasteiger partial charge in [-0.3, -0.25) is 5.43 Å². The van der Waals surface area contributed by atoms with E-state index < -0.39 is 10.2 Å². The lowest BCUT2D eigenvalue weighted by molar-refractivity contribution is 0.551. The van der Waals surface area contributed by atoms with Gasteiger partial charge in [-0.25, -0.2) is 0 Å². The molecule has 0 radical (unpaired) electrons. The minimum atomic E-state index is -3.55. The molecule has 72 valence electrons. The first-order valence-corrected chi connectivity index (χ1v) is 5.07. The Labute approximate surface area is 77.0 Å². The summed E-state index contributed by atoms with van der Waals surface area (Å²) in [6.07, 6.45) is 0. The molecule has 0 fully saturated rings. The van der Waals surface area contributed by atoms with Crippen LogP contribution in [0.15, 0.2) is 0 Å². The van der Waals surface area contributed by atoms with E-state index in [1.54, 1.807) is 13.8 Å². The van der Waals surface area contributed by atoms with Gasteiger partial charge < -0.3 is 5.73 Å². The van der Waals surface area contributed by atoms with Crippen LogP contribution in [0.4, 0.5) is 0 Å². The van der Waals surface area contributed by atoms with Gasteiger partial charge in [0.25, 0.3) is 10.2 Å². The van der Waals surface area contributed by atoms with Crippen LogP contribution in [0.5, 0.6) is 0 Å². The zero-order valence-corrected chi connectivity index (χ0v) is 8.42. The number of thiocarbonyl (C=S) groups is 1. The number of rotatable bonds is 4. The monoisotopic (exact) mass is 212 g/mol. The highest BCUT2D eigenvalue weighted by Gasteiger charge is 2.09. The van der Waals surface area contributed by atoms with Crippen molar-refractivity contribution < 1.29 is 8.42 Å². The molecule has 0 saturated heterocycles. The molecule has 0 unspecified atom stereocenters. The molecule has 0 aromatic carbocycles. The van der Waals surface area contributed by atoms with Gasteiger partial charge in [-0.1, -0.05) is 0 Å². The molecule has 0 spiro atoms. The van der Waals surface area contributed by atoms with Crippen molar-refractivity contribution >= 4 is 27.5 Å². The van der Waals surface area contributed by atoms with E-state index >= 15 is 0 Å². The molecule has 0 saturated carbocycles. The van der Waals surface area contributed by atoms with Crippen molar-refractivity contribution in [1.82, 2.24) is 15.0 Å². The van der Waals surface area contributed by atoms with Crippen LogP contribution < -0.4 is 20.7 Å².